The largest absolute Gasteiger partial charge is 0.497 e. The van der Waals surface area contributed by atoms with Crippen molar-refractivity contribution in [3.05, 3.63) is 58.7 Å². The van der Waals surface area contributed by atoms with Crippen molar-refractivity contribution < 1.29 is 27.4 Å². The Morgan fingerprint density at radius 3 is 2.27 bits per heavy atom. The molecule has 0 bridgehead atoms. The zero-order valence-corrected chi connectivity index (χ0v) is 21.0. The van der Waals surface area contributed by atoms with Crippen LogP contribution >= 0.6 is 0 Å². The fraction of sp³-hybridized carbons (Fsp3) is 0.480. The average Bonchev–Trinajstić information content (AvgIpc) is 2.71. The van der Waals surface area contributed by atoms with Crippen LogP contribution in [-0.2, 0) is 37.3 Å². The third-order valence-electron chi connectivity index (χ3n) is 5.49. The van der Waals surface area contributed by atoms with Gasteiger partial charge in [-0.25, -0.2) is 13.2 Å². The summed E-state index contributed by atoms with van der Waals surface area (Å²) in [7, 11) is -2.28. The summed E-state index contributed by atoms with van der Waals surface area (Å²) in [5.74, 6) is 0.139. The number of rotatable bonds is 7. The van der Waals surface area contributed by atoms with Crippen LogP contribution in [0.5, 0.6) is 5.75 Å². The Bertz CT molecular complexity index is 1100. The van der Waals surface area contributed by atoms with Crippen LogP contribution in [0.1, 0.15) is 43.0 Å². The van der Waals surface area contributed by atoms with Crippen LogP contribution in [0.2, 0.25) is 0 Å². The van der Waals surface area contributed by atoms with Gasteiger partial charge in [-0.15, -0.1) is 0 Å². The molecule has 2 aromatic rings. The van der Waals surface area contributed by atoms with E-state index in [1.165, 1.54) is 4.31 Å². The molecule has 1 atom stereocenters. The minimum absolute atomic E-state index is 0.0844. The molecule has 1 aliphatic rings. The van der Waals surface area contributed by atoms with Crippen molar-refractivity contribution in [1.82, 2.24) is 4.31 Å². The van der Waals surface area contributed by atoms with E-state index >= 15 is 0 Å². The molecule has 1 aliphatic heterocycles. The monoisotopic (exact) mass is 475 g/mol. The van der Waals surface area contributed by atoms with Gasteiger partial charge in [0.15, 0.2) is 0 Å². The quantitative estimate of drug-likeness (QED) is 0.567. The first-order chi connectivity index (χ1) is 15.4. The Morgan fingerprint density at radius 2 is 1.70 bits per heavy atom. The summed E-state index contributed by atoms with van der Waals surface area (Å²) >= 11 is 0. The van der Waals surface area contributed by atoms with Crippen LogP contribution in [0.15, 0.2) is 41.3 Å². The zero-order chi connectivity index (χ0) is 24.4. The summed E-state index contributed by atoms with van der Waals surface area (Å²) in [6, 6.07) is 10.8. The van der Waals surface area contributed by atoms with Gasteiger partial charge in [-0.3, -0.25) is 0 Å². The minimum atomic E-state index is -3.84. The number of sulfonamides is 1. The van der Waals surface area contributed by atoms with E-state index in [1.807, 2.05) is 24.3 Å². The SMILES string of the molecule is COc1cc(C)c(S(=O)(=O)N2Cc3ccccc3CC2COCC(=O)OC(C)(C)C)c(C)c1. The van der Waals surface area contributed by atoms with Crippen molar-refractivity contribution in [2.75, 3.05) is 20.3 Å². The van der Waals surface area contributed by atoms with Crippen LogP contribution in [-0.4, -0.2) is 50.7 Å². The van der Waals surface area contributed by atoms with Crippen LogP contribution in [0.25, 0.3) is 0 Å². The molecule has 0 spiro atoms. The van der Waals surface area contributed by atoms with E-state index in [4.69, 9.17) is 14.2 Å². The molecule has 2 aromatic carbocycles. The molecule has 0 amide bonds. The highest BCUT2D eigenvalue weighted by atomic mass is 32.2. The number of hydrogen-bond donors (Lipinski definition) is 0. The predicted molar refractivity (Wildman–Crippen MR) is 126 cm³/mol. The Hall–Kier alpha value is -2.42. The van der Waals surface area contributed by atoms with Gasteiger partial charge < -0.3 is 14.2 Å². The van der Waals surface area contributed by atoms with Gasteiger partial charge in [0, 0.05) is 6.54 Å². The van der Waals surface area contributed by atoms with Crippen molar-refractivity contribution in [3.63, 3.8) is 0 Å². The lowest BCUT2D eigenvalue weighted by Gasteiger charge is -2.36. The van der Waals surface area contributed by atoms with Crippen molar-refractivity contribution in [2.45, 2.75) is 64.1 Å². The summed E-state index contributed by atoms with van der Waals surface area (Å²) in [6.45, 7) is 9.00. The Labute approximate surface area is 196 Å². The van der Waals surface area contributed by atoms with Crippen LogP contribution in [0.4, 0.5) is 0 Å². The first kappa shape index (κ1) is 25.2. The molecule has 3 rings (SSSR count). The fourth-order valence-corrected chi connectivity index (χ4v) is 6.19. The van der Waals surface area contributed by atoms with Gasteiger partial charge in [-0.1, -0.05) is 24.3 Å². The fourth-order valence-electron chi connectivity index (χ4n) is 4.19. The lowest BCUT2D eigenvalue weighted by molar-refractivity contribution is -0.160. The summed E-state index contributed by atoms with van der Waals surface area (Å²) in [6.07, 6.45) is 0.498. The average molecular weight is 476 g/mol. The number of carbonyl (C=O) groups excluding carboxylic acids is 1. The number of aryl methyl sites for hydroxylation is 2. The van der Waals surface area contributed by atoms with Gasteiger partial charge in [0.05, 0.1) is 24.7 Å². The van der Waals surface area contributed by atoms with E-state index in [0.29, 0.717) is 23.3 Å². The molecule has 0 aliphatic carbocycles. The van der Waals surface area contributed by atoms with Crippen molar-refractivity contribution >= 4 is 16.0 Å². The number of benzene rings is 2. The molecule has 1 heterocycles. The molecule has 0 fully saturated rings. The lowest BCUT2D eigenvalue weighted by atomic mass is 9.96. The van der Waals surface area contributed by atoms with Gasteiger partial charge in [-0.2, -0.15) is 4.31 Å². The molecule has 33 heavy (non-hydrogen) atoms. The Morgan fingerprint density at radius 1 is 1.09 bits per heavy atom. The number of nitrogens with zero attached hydrogens (tertiary/aromatic N) is 1. The summed E-state index contributed by atoms with van der Waals surface area (Å²) in [4.78, 5) is 12.3. The van der Waals surface area contributed by atoms with Gasteiger partial charge in [0.1, 0.15) is 18.0 Å². The lowest BCUT2D eigenvalue weighted by Crippen LogP contribution is -2.47. The highest BCUT2D eigenvalue weighted by Crippen LogP contribution is 2.33. The molecule has 1 unspecified atom stereocenters. The highest BCUT2D eigenvalue weighted by Gasteiger charge is 2.37. The first-order valence-corrected chi connectivity index (χ1v) is 12.4. The smallest absolute Gasteiger partial charge is 0.332 e. The first-order valence-electron chi connectivity index (χ1n) is 11.0. The zero-order valence-electron chi connectivity index (χ0n) is 20.2. The summed E-state index contributed by atoms with van der Waals surface area (Å²) < 4.78 is 45.5. The Balaban J connectivity index is 1.89. The minimum Gasteiger partial charge on any atom is -0.497 e. The van der Waals surface area contributed by atoms with Gasteiger partial charge in [-0.05, 0) is 75.4 Å². The number of methoxy groups -OCH3 is 1. The maximum Gasteiger partial charge on any atom is 0.332 e. The molecular formula is C25H33NO6S. The van der Waals surface area contributed by atoms with Crippen molar-refractivity contribution in [3.8, 4) is 5.75 Å². The second-order valence-corrected chi connectivity index (χ2v) is 11.2. The number of hydrogen-bond acceptors (Lipinski definition) is 6. The van der Waals surface area contributed by atoms with Gasteiger partial charge in [0.2, 0.25) is 10.0 Å². The molecule has 180 valence electrons. The topological polar surface area (TPSA) is 82.1 Å². The molecule has 7 nitrogen and oxygen atoms in total. The van der Waals surface area contributed by atoms with Crippen LogP contribution < -0.4 is 4.74 Å². The van der Waals surface area contributed by atoms with Crippen molar-refractivity contribution in [2.24, 2.45) is 0 Å². The van der Waals surface area contributed by atoms with Gasteiger partial charge >= 0.3 is 5.97 Å². The van der Waals surface area contributed by atoms with Crippen LogP contribution in [0.3, 0.4) is 0 Å². The predicted octanol–water partition coefficient (Wildman–Crippen LogP) is 3.79. The molecular weight excluding hydrogens is 442 g/mol. The van der Waals surface area contributed by atoms with E-state index in [2.05, 4.69) is 0 Å². The van der Waals surface area contributed by atoms with E-state index in [-0.39, 0.29) is 24.7 Å². The number of esters is 1. The molecule has 0 saturated heterocycles. The normalized spacial score (nSPS) is 16.8. The molecule has 0 radical (unpaired) electrons. The van der Waals surface area contributed by atoms with E-state index in [1.54, 1.807) is 53.9 Å². The van der Waals surface area contributed by atoms with Crippen molar-refractivity contribution in [1.29, 1.82) is 0 Å². The second kappa shape index (κ2) is 9.83. The standard InChI is InChI=1S/C25H33NO6S/c1-17-11-22(30-6)12-18(2)24(17)33(28,29)26-14-20-10-8-7-9-19(20)13-21(26)15-31-16-23(27)32-25(3,4)5/h7-12,21H,13-16H2,1-6H3. The number of fused-ring (bicyclic) bond motifs is 1. The van der Waals surface area contributed by atoms with E-state index < -0.39 is 27.6 Å². The maximum atomic E-state index is 13.9. The number of ether oxygens (including phenoxy) is 3. The second-order valence-electron chi connectivity index (χ2n) is 9.37. The summed E-state index contributed by atoms with van der Waals surface area (Å²) in [5.41, 5.74) is 2.69. The van der Waals surface area contributed by atoms with Gasteiger partial charge in [0.25, 0.3) is 0 Å². The third kappa shape index (κ3) is 5.93. The van der Waals surface area contributed by atoms with E-state index in [0.717, 1.165) is 11.1 Å². The molecule has 0 aromatic heterocycles. The third-order valence-corrected chi connectivity index (χ3v) is 7.70. The van der Waals surface area contributed by atoms with Crippen LogP contribution in [0, 0.1) is 13.8 Å². The Kier molecular flexibility index (Phi) is 7.51. The maximum absolute atomic E-state index is 13.9. The molecule has 0 saturated carbocycles. The molecule has 8 heteroatoms. The highest BCUT2D eigenvalue weighted by molar-refractivity contribution is 7.89. The summed E-state index contributed by atoms with van der Waals surface area (Å²) in [5, 5.41) is 0. The number of carbonyl (C=O) groups is 1. The molecule has 0 N–H and O–H groups in total. The van der Waals surface area contributed by atoms with E-state index in [9.17, 15) is 13.2 Å².